The van der Waals surface area contributed by atoms with Crippen molar-refractivity contribution < 1.29 is 108 Å². The predicted octanol–water partition coefficient (Wildman–Crippen LogP) is 7.78. The summed E-state index contributed by atoms with van der Waals surface area (Å²) in [4.78, 5) is 123. The molecule has 13 rings (SSSR count). The predicted molar refractivity (Wildman–Crippen MR) is 447 cm³/mol. The number of benzene rings is 4. The van der Waals surface area contributed by atoms with Crippen LogP contribution in [-0.4, -0.2) is 217 Å². The Balaban J connectivity index is 0.524. The molecule has 12 atom stereocenters. The summed E-state index contributed by atoms with van der Waals surface area (Å²) < 4.78 is 129. The van der Waals surface area contributed by atoms with Crippen molar-refractivity contribution in [3.05, 3.63) is 145 Å². The first-order valence-electron chi connectivity index (χ1n) is 39.6. The Kier molecular flexibility index (Phi) is 30.8. The third-order valence-electron chi connectivity index (χ3n) is 20.1. The number of rotatable bonds is 36. The molecule has 0 aliphatic carbocycles. The first-order chi connectivity index (χ1) is 59.6. The average Bonchev–Trinajstić information content (AvgIpc) is 1.48. The van der Waals surface area contributed by atoms with Gasteiger partial charge in [-0.25, -0.2) is 47.7 Å². The molecule has 3 saturated heterocycles. The van der Waals surface area contributed by atoms with E-state index in [1.54, 1.807) is 53.4 Å². The molecule has 4 aromatic carbocycles. The number of alkyl carbamates (subject to hydrolysis) is 1. The lowest BCUT2D eigenvalue weighted by atomic mass is 9.95. The number of hydrogen-bond acceptors (Lipinski definition) is 30. The van der Waals surface area contributed by atoms with E-state index in [4.69, 9.17) is 61.0 Å². The van der Waals surface area contributed by atoms with Crippen LogP contribution in [0.3, 0.4) is 0 Å². The molecule has 4 aliphatic heterocycles. The van der Waals surface area contributed by atoms with Crippen LogP contribution >= 0.6 is 33.2 Å². The maximum atomic E-state index is 17.1. The van der Waals surface area contributed by atoms with Crippen LogP contribution in [-0.2, 0) is 109 Å². The van der Waals surface area contributed by atoms with E-state index in [9.17, 15) is 47.8 Å². The number of carbonyl (C=O) groups is 7. The molecular weight excluding hydrogens is 1700 g/mol. The first kappa shape index (κ1) is 91.2. The van der Waals surface area contributed by atoms with Crippen molar-refractivity contribution in [1.82, 2.24) is 70.3 Å². The molecule has 2 unspecified atom stereocenters. The SMILES string of the molecule is [B][P@]1(=O)OC[C@H]2O[C@@H](n3cnc4c(N)ccnc43)[C@H](F)[C@@H]2O[P@](=O)(SCc2ccc(NC(=O)CNC(=O)CCCCCn3nnc4c3-c3ccccc3CN(C(=O)CCNC(=O)CCCCC(=O)NCC(=O)Nc3ccc(COC(=O)NCCCOCC(O)COP(C)(=O)O)cc3)c3ccccc3-4)cc2)OC[C@H]2O[C@@H](n3cnc4c(N)ncnc43)[C@H](F)[C@@H]2O1. The highest BCUT2D eigenvalue weighted by atomic mass is 32.7. The van der Waals surface area contributed by atoms with Gasteiger partial charge in [0.2, 0.25) is 43.0 Å². The van der Waals surface area contributed by atoms with E-state index in [1.165, 1.54) is 34.1 Å². The summed E-state index contributed by atoms with van der Waals surface area (Å²) in [6.45, 7) is -5.19. The Hall–Kier alpha value is -10.6. The van der Waals surface area contributed by atoms with E-state index in [-0.39, 0.29) is 148 Å². The maximum absolute atomic E-state index is 17.1. The molecule has 12 N–H and O–H groups in total. The summed E-state index contributed by atoms with van der Waals surface area (Å²) in [5.74, 6) is -2.37. The van der Waals surface area contributed by atoms with Gasteiger partial charge in [0.05, 0.1) is 75.8 Å². The number of unbranched alkanes of at least 4 members (excludes halogenated alkanes) is 3. The number of pyridine rings is 1. The van der Waals surface area contributed by atoms with E-state index in [0.29, 0.717) is 95.9 Å². The van der Waals surface area contributed by atoms with Crippen LogP contribution in [0.25, 0.3) is 44.8 Å². The minimum absolute atomic E-state index is 0.00551. The second kappa shape index (κ2) is 42.0. The second-order valence-electron chi connectivity index (χ2n) is 29.3. The number of fused-ring (bicyclic) bond motifs is 9. The van der Waals surface area contributed by atoms with Gasteiger partial charge in [0, 0.05) is 93.0 Å². The minimum Gasteiger partial charge on any atom is -0.445 e. The average molecular weight is 1790 g/mol. The molecule has 0 bridgehead atoms. The van der Waals surface area contributed by atoms with Crippen LogP contribution in [0.5, 0.6) is 0 Å². The van der Waals surface area contributed by atoms with Gasteiger partial charge in [-0.05, 0) is 96.6 Å². The summed E-state index contributed by atoms with van der Waals surface area (Å²) in [5.41, 5.74) is 19.2. The number of aryl methyl sites for hydroxylation is 1. The summed E-state index contributed by atoms with van der Waals surface area (Å²) in [5, 5.41) is 35.1. The van der Waals surface area contributed by atoms with Gasteiger partial charge >= 0.3 is 20.5 Å². The Morgan fingerprint density at radius 2 is 1.27 bits per heavy atom. The lowest BCUT2D eigenvalue weighted by molar-refractivity contribution is -0.124. The summed E-state index contributed by atoms with van der Waals surface area (Å²) in [6.07, 6.45) is -7.66. The fourth-order valence-corrected chi connectivity index (χ4v) is 18.7. The Morgan fingerprint density at radius 1 is 0.669 bits per heavy atom. The van der Waals surface area contributed by atoms with Crippen LogP contribution in [0.2, 0.25) is 0 Å². The molecule has 40 nitrogen and oxygen atoms in total. The maximum Gasteiger partial charge on any atom is 0.407 e. The number of imidazole rings is 2. The Labute approximate surface area is 713 Å². The van der Waals surface area contributed by atoms with E-state index < -0.39 is 108 Å². The van der Waals surface area contributed by atoms with Gasteiger partial charge in [0.15, 0.2) is 41.9 Å². The molecule has 5 aromatic heterocycles. The van der Waals surface area contributed by atoms with Crippen molar-refractivity contribution in [3.8, 4) is 22.5 Å². The normalized spacial score (nSPS) is 21.9. The van der Waals surface area contributed by atoms with Gasteiger partial charge in [0.1, 0.15) is 60.2 Å². The minimum atomic E-state index is -4.76. The molecule has 0 spiro atoms. The highest BCUT2D eigenvalue weighted by Gasteiger charge is 2.55. The van der Waals surface area contributed by atoms with Crippen LogP contribution in [0, 0.1) is 0 Å². The molecule has 0 saturated carbocycles. The van der Waals surface area contributed by atoms with Crippen molar-refractivity contribution in [1.29, 1.82) is 0 Å². The number of aliphatic hydroxyl groups excluding tert-OH is 1. The largest absolute Gasteiger partial charge is 0.445 e. The number of nitrogens with two attached hydrogens (primary N) is 2. The van der Waals surface area contributed by atoms with Gasteiger partial charge in [-0.1, -0.05) is 78.4 Å². The number of hydrogen-bond donors (Lipinski definition) is 10. The number of aromatic nitrogens is 10. The standard InChI is InChI=1S/C77H91BF2N19O21P3S/c1-121(108,109)114-39-51(100)38-112-33-11-29-85-77(107)113-37-46-19-23-49(24-20-46)92-61(104)35-87-60(103)18-9-8-17-58(101)83-31-28-63(106)96-36-48-12-4-5-13-52(48)69-66(53-14-6-7-15-55(53)96)94-95-99(69)32-10-2-3-16-59(102)86-34-62(105)93-50-25-21-47(22-26-50)42-124-123(111)116-41-57-70(64(79)75(118-57)98-45-91-68-72(82)88-43-89-74(68)98)119-122(78,110)115-40-56-71(120-123)65(80)76(117-56)97-44-90-67-54(81)27-30-84-73(67)97/h4-7,12-15,19-27,30,43-45,51,56-57,64-65,70-71,75-76,100H,2-3,8-11,16-18,28-29,31-42H2,1H3,(H2,81,84)(H,83,101)(H,85,107)(H,86,102)(H,87,103)(H,92,104)(H,93,105)(H,108,109)(H2,82,88,89)/t51?,56-,57-,64-,65-,70-,71-,75-,76-,122+,123-/m1/s1. The Bertz CT molecular complexity index is 5450. The summed E-state index contributed by atoms with van der Waals surface area (Å²) in [7, 11) is -2.39. The summed E-state index contributed by atoms with van der Waals surface area (Å²) >= 11 is 0.646. The van der Waals surface area contributed by atoms with E-state index in [1.807, 2.05) is 53.2 Å². The first-order valence-corrected chi connectivity index (χ1v) is 46.4. The van der Waals surface area contributed by atoms with Crippen molar-refractivity contribution in [2.45, 2.75) is 145 Å². The van der Waals surface area contributed by atoms with Gasteiger partial charge < -0.3 is 90.8 Å². The van der Waals surface area contributed by atoms with Gasteiger partial charge in [0.25, 0.3) is 7.47 Å². The van der Waals surface area contributed by atoms with Gasteiger partial charge in [-0.3, -0.25) is 56.1 Å². The molecular formula is C77H91BF2N19O21P3S. The Morgan fingerprint density at radius 3 is 1.95 bits per heavy atom. The lowest BCUT2D eigenvalue weighted by Gasteiger charge is -2.30. The number of ether oxygens (including phenoxy) is 4. The van der Waals surface area contributed by atoms with E-state index in [2.05, 4.69) is 71.7 Å². The number of aliphatic hydroxyl groups is 1. The molecule has 124 heavy (non-hydrogen) atoms. The third-order valence-corrected chi connectivity index (χ3v) is 25.4. The van der Waals surface area contributed by atoms with Crippen LogP contribution in [0.1, 0.15) is 93.4 Å². The molecule has 4 aliphatic rings. The summed E-state index contributed by atoms with van der Waals surface area (Å²) in [6, 6.07) is 29.5. The van der Waals surface area contributed by atoms with Gasteiger partial charge in [-0.2, -0.15) is 0 Å². The molecule has 9 aromatic rings. The quantitative estimate of drug-likeness (QED) is 0.0102. The smallest absolute Gasteiger partial charge is 0.407 e. The molecule has 2 radical (unpaired) electrons. The number of amides is 7. The fraction of sp³-hybridized carbons (Fsp3) is 0.429. The zero-order valence-electron chi connectivity index (χ0n) is 66.9. The van der Waals surface area contributed by atoms with Crippen molar-refractivity contribution in [2.75, 3.05) is 92.9 Å². The van der Waals surface area contributed by atoms with Crippen molar-refractivity contribution in [3.63, 3.8) is 0 Å². The molecule has 9 heterocycles. The van der Waals surface area contributed by atoms with Crippen molar-refractivity contribution >= 4 is 133 Å². The highest BCUT2D eigenvalue weighted by Crippen LogP contribution is 2.65. The van der Waals surface area contributed by atoms with E-state index in [0.717, 1.165) is 29.8 Å². The lowest BCUT2D eigenvalue weighted by Crippen LogP contribution is -2.37. The highest BCUT2D eigenvalue weighted by molar-refractivity contribution is 8.54. The van der Waals surface area contributed by atoms with E-state index >= 15 is 13.3 Å². The number of nitrogens with zero attached hydrogens (tertiary/aromatic N) is 11. The number of halogens is 2. The van der Waals surface area contributed by atoms with Crippen LogP contribution in [0.4, 0.5) is 42.1 Å². The number of para-hydroxylation sites is 1. The van der Waals surface area contributed by atoms with Crippen molar-refractivity contribution in [2.24, 2.45) is 0 Å². The number of anilines is 5. The fourth-order valence-electron chi connectivity index (χ4n) is 13.9. The molecule has 658 valence electrons. The zero-order valence-corrected chi connectivity index (χ0v) is 70.4. The molecule has 7 amide bonds. The number of nitrogens with one attached hydrogen (secondary N) is 6. The second-order valence-corrected chi connectivity index (χ2v) is 36.8. The zero-order chi connectivity index (χ0) is 87.7. The molecule has 47 heteroatoms. The monoisotopic (exact) mass is 1790 g/mol. The number of alkyl halides is 2. The topological polar surface area (TPSA) is 527 Å². The van der Waals surface area contributed by atoms with Gasteiger partial charge in [-0.15, -0.1) is 5.10 Å². The number of nitrogen functional groups attached to an aromatic ring is 2. The molecule has 3 fully saturated rings. The van der Waals surface area contributed by atoms with Crippen LogP contribution < -0.4 is 48.3 Å². The van der Waals surface area contributed by atoms with Crippen LogP contribution in [0.15, 0.2) is 128 Å². The third kappa shape index (κ3) is 24.1. The number of carbonyl (C=O) groups excluding carboxylic acids is 7.